The molecule has 1 aliphatic rings. The molecule has 2 nitrogen and oxygen atoms in total. The van der Waals surface area contributed by atoms with E-state index < -0.39 is 0 Å². The zero-order valence-electron chi connectivity index (χ0n) is 10.1. The summed E-state index contributed by atoms with van der Waals surface area (Å²) in [5.74, 6) is 0.801. The molecule has 0 aromatic rings. The van der Waals surface area contributed by atoms with Crippen LogP contribution in [0.3, 0.4) is 0 Å². The van der Waals surface area contributed by atoms with Crippen molar-refractivity contribution in [1.29, 1.82) is 0 Å². The zero-order valence-corrected chi connectivity index (χ0v) is 10.1. The predicted octanol–water partition coefficient (Wildman–Crippen LogP) is 2.11. The number of likely N-dealkylation sites (N-methyl/N-ethyl adjacent to an activating group) is 1. The maximum absolute atomic E-state index is 3.62. The average molecular weight is 198 g/mol. The van der Waals surface area contributed by atoms with Gasteiger partial charge >= 0.3 is 0 Å². The molecule has 0 radical (unpaired) electrons. The summed E-state index contributed by atoms with van der Waals surface area (Å²) in [5, 5.41) is 3.62. The first-order valence-corrected chi connectivity index (χ1v) is 6.23. The molecule has 14 heavy (non-hydrogen) atoms. The molecule has 2 heteroatoms. The maximum atomic E-state index is 3.62. The van der Waals surface area contributed by atoms with Crippen LogP contribution < -0.4 is 5.32 Å². The van der Waals surface area contributed by atoms with Crippen molar-refractivity contribution in [2.75, 3.05) is 26.2 Å². The Kier molecular flexibility index (Phi) is 5.49. The van der Waals surface area contributed by atoms with E-state index in [0.717, 1.165) is 12.5 Å². The van der Waals surface area contributed by atoms with Gasteiger partial charge in [0, 0.05) is 12.6 Å². The molecule has 0 spiro atoms. The van der Waals surface area contributed by atoms with Crippen LogP contribution in [0, 0.1) is 5.92 Å². The van der Waals surface area contributed by atoms with Gasteiger partial charge in [-0.3, -0.25) is 0 Å². The average Bonchev–Trinajstić information content (AvgIpc) is 2.68. The van der Waals surface area contributed by atoms with Gasteiger partial charge in [0.05, 0.1) is 0 Å². The van der Waals surface area contributed by atoms with Crippen molar-refractivity contribution in [3.63, 3.8) is 0 Å². The number of hydrogen-bond donors (Lipinski definition) is 1. The van der Waals surface area contributed by atoms with Crippen LogP contribution in [0.4, 0.5) is 0 Å². The molecule has 1 saturated heterocycles. The maximum Gasteiger partial charge on any atom is 0.0220 e. The standard InChI is InChI=1S/C12H26N2/c1-4-11(3)12(13-5-2)10-14-8-6-7-9-14/h11-13H,4-10H2,1-3H3. The van der Waals surface area contributed by atoms with Crippen LogP contribution in [-0.4, -0.2) is 37.1 Å². The Morgan fingerprint density at radius 3 is 2.36 bits per heavy atom. The van der Waals surface area contributed by atoms with E-state index in [0.29, 0.717) is 6.04 Å². The minimum absolute atomic E-state index is 0.697. The van der Waals surface area contributed by atoms with E-state index in [-0.39, 0.29) is 0 Å². The van der Waals surface area contributed by atoms with Gasteiger partial charge in [0.1, 0.15) is 0 Å². The molecule has 0 amide bonds. The molecule has 1 heterocycles. The van der Waals surface area contributed by atoms with Gasteiger partial charge in [0.25, 0.3) is 0 Å². The molecule has 1 fully saturated rings. The fourth-order valence-corrected chi connectivity index (χ4v) is 2.24. The van der Waals surface area contributed by atoms with Crippen molar-refractivity contribution in [2.24, 2.45) is 5.92 Å². The van der Waals surface area contributed by atoms with E-state index in [4.69, 9.17) is 0 Å². The molecular formula is C12H26N2. The Morgan fingerprint density at radius 1 is 1.21 bits per heavy atom. The molecule has 0 aromatic heterocycles. The van der Waals surface area contributed by atoms with Crippen molar-refractivity contribution >= 4 is 0 Å². The van der Waals surface area contributed by atoms with E-state index in [1.165, 1.54) is 38.9 Å². The van der Waals surface area contributed by atoms with E-state index in [1.807, 2.05) is 0 Å². The van der Waals surface area contributed by atoms with Crippen LogP contribution in [0.2, 0.25) is 0 Å². The number of hydrogen-bond acceptors (Lipinski definition) is 2. The quantitative estimate of drug-likeness (QED) is 0.703. The predicted molar refractivity (Wildman–Crippen MR) is 62.6 cm³/mol. The Labute approximate surface area is 89.1 Å². The molecule has 1 aliphatic heterocycles. The highest BCUT2D eigenvalue weighted by molar-refractivity contribution is 4.78. The summed E-state index contributed by atoms with van der Waals surface area (Å²) in [6.07, 6.45) is 4.09. The molecule has 84 valence electrons. The monoisotopic (exact) mass is 198 g/mol. The minimum atomic E-state index is 0.697. The lowest BCUT2D eigenvalue weighted by Gasteiger charge is -2.28. The summed E-state index contributed by atoms with van der Waals surface area (Å²) < 4.78 is 0. The molecule has 0 saturated carbocycles. The van der Waals surface area contributed by atoms with Crippen LogP contribution in [0.5, 0.6) is 0 Å². The van der Waals surface area contributed by atoms with Gasteiger partial charge < -0.3 is 10.2 Å². The Balaban J connectivity index is 2.33. The van der Waals surface area contributed by atoms with Crippen molar-refractivity contribution in [1.82, 2.24) is 10.2 Å². The molecule has 2 unspecified atom stereocenters. The second kappa shape index (κ2) is 6.41. The highest BCUT2D eigenvalue weighted by atomic mass is 15.2. The van der Waals surface area contributed by atoms with Crippen LogP contribution in [-0.2, 0) is 0 Å². The fourth-order valence-electron chi connectivity index (χ4n) is 2.24. The lowest BCUT2D eigenvalue weighted by Crippen LogP contribution is -2.43. The molecular weight excluding hydrogens is 172 g/mol. The van der Waals surface area contributed by atoms with E-state index in [9.17, 15) is 0 Å². The van der Waals surface area contributed by atoms with Crippen LogP contribution in [0.1, 0.15) is 40.0 Å². The Morgan fingerprint density at radius 2 is 1.86 bits per heavy atom. The first kappa shape index (κ1) is 12.0. The Hall–Kier alpha value is -0.0800. The van der Waals surface area contributed by atoms with Gasteiger partial charge in [0.15, 0.2) is 0 Å². The van der Waals surface area contributed by atoms with Crippen molar-refractivity contribution in [2.45, 2.75) is 46.1 Å². The van der Waals surface area contributed by atoms with Gasteiger partial charge in [-0.15, -0.1) is 0 Å². The summed E-state index contributed by atoms with van der Waals surface area (Å²) in [6.45, 7) is 11.9. The highest BCUT2D eigenvalue weighted by Crippen LogP contribution is 2.13. The lowest BCUT2D eigenvalue weighted by molar-refractivity contribution is 0.247. The summed E-state index contributed by atoms with van der Waals surface area (Å²) in [6, 6.07) is 0.697. The minimum Gasteiger partial charge on any atom is -0.313 e. The van der Waals surface area contributed by atoms with Gasteiger partial charge in [-0.05, 0) is 38.4 Å². The zero-order chi connectivity index (χ0) is 10.4. The highest BCUT2D eigenvalue weighted by Gasteiger charge is 2.20. The Bertz CT molecular complexity index is 141. The smallest absolute Gasteiger partial charge is 0.0220 e. The van der Waals surface area contributed by atoms with Crippen LogP contribution in [0.15, 0.2) is 0 Å². The SMILES string of the molecule is CCNC(CN1CCCC1)C(C)CC. The van der Waals surface area contributed by atoms with Crippen molar-refractivity contribution in [3.8, 4) is 0 Å². The lowest BCUT2D eigenvalue weighted by atomic mass is 9.98. The molecule has 0 aliphatic carbocycles. The van der Waals surface area contributed by atoms with E-state index in [2.05, 4.69) is 31.0 Å². The second-order valence-corrected chi connectivity index (χ2v) is 4.56. The third-order valence-corrected chi connectivity index (χ3v) is 3.45. The first-order chi connectivity index (χ1) is 6.77. The van der Waals surface area contributed by atoms with Crippen LogP contribution in [0.25, 0.3) is 0 Å². The summed E-state index contributed by atoms with van der Waals surface area (Å²) in [7, 11) is 0. The summed E-state index contributed by atoms with van der Waals surface area (Å²) >= 11 is 0. The van der Waals surface area contributed by atoms with Crippen molar-refractivity contribution < 1.29 is 0 Å². The number of nitrogens with one attached hydrogen (secondary N) is 1. The number of rotatable bonds is 6. The summed E-state index contributed by atoms with van der Waals surface area (Å²) in [4.78, 5) is 2.61. The van der Waals surface area contributed by atoms with Gasteiger partial charge in [-0.1, -0.05) is 27.2 Å². The van der Waals surface area contributed by atoms with Gasteiger partial charge in [0.2, 0.25) is 0 Å². The van der Waals surface area contributed by atoms with Crippen LogP contribution >= 0.6 is 0 Å². The molecule has 1 N–H and O–H groups in total. The van der Waals surface area contributed by atoms with E-state index in [1.54, 1.807) is 0 Å². The van der Waals surface area contributed by atoms with Crippen molar-refractivity contribution in [3.05, 3.63) is 0 Å². The second-order valence-electron chi connectivity index (χ2n) is 4.56. The largest absolute Gasteiger partial charge is 0.313 e. The number of nitrogens with zero attached hydrogens (tertiary/aromatic N) is 1. The van der Waals surface area contributed by atoms with E-state index >= 15 is 0 Å². The molecule has 0 aromatic carbocycles. The first-order valence-electron chi connectivity index (χ1n) is 6.23. The third-order valence-electron chi connectivity index (χ3n) is 3.45. The normalized spacial score (nSPS) is 22.5. The fraction of sp³-hybridized carbons (Fsp3) is 1.00. The topological polar surface area (TPSA) is 15.3 Å². The summed E-state index contributed by atoms with van der Waals surface area (Å²) in [5.41, 5.74) is 0. The van der Waals surface area contributed by atoms with Gasteiger partial charge in [-0.2, -0.15) is 0 Å². The molecule has 0 bridgehead atoms. The van der Waals surface area contributed by atoms with Gasteiger partial charge in [-0.25, -0.2) is 0 Å². The molecule has 2 atom stereocenters. The third kappa shape index (κ3) is 3.58. The number of likely N-dealkylation sites (tertiary alicyclic amines) is 1. The molecule has 1 rings (SSSR count).